The number of ether oxygens (including phenoxy) is 2. The van der Waals surface area contributed by atoms with Crippen LogP contribution >= 0.6 is 0 Å². The van der Waals surface area contributed by atoms with Gasteiger partial charge in [0.15, 0.2) is 0 Å². The van der Waals surface area contributed by atoms with Crippen LogP contribution in [-0.4, -0.2) is 13.7 Å². The van der Waals surface area contributed by atoms with Crippen molar-refractivity contribution in [1.29, 1.82) is 0 Å². The highest BCUT2D eigenvalue weighted by Crippen LogP contribution is 2.29. The molecule has 90 valence electrons. The lowest BCUT2D eigenvalue weighted by Crippen LogP contribution is -1.97. The lowest BCUT2D eigenvalue weighted by atomic mass is 10.1. The van der Waals surface area contributed by atoms with Crippen LogP contribution in [0.25, 0.3) is 10.8 Å². The van der Waals surface area contributed by atoms with Crippen molar-refractivity contribution < 1.29 is 9.47 Å². The van der Waals surface area contributed by atoms with E-state index in [4.69, 9.17) is 9.47 Å². The molecule has 0 aromatic heterocycles. The maximum Gasteiger partial charge on any atom is 0.127 e. The molecular weight excluding hydrogens is 212 g/mol. The molecule has 2 aromatic carbocycles. The Morgan fingerprint density at radius 3 is 2.76 bits per heavy atom. The van der Waals surface area contributed by atoms with Gasteiger partial charge in [-0.1, -0.05) is 31.5 Å². The molecule has 0 radical (unpaired) electrons. The quantitative estimate of drug-likeness (QED) is 0.722. The van der Waals surface area contributed by atoms with Gasteiger partial charge in [0.1, 0.15) is 11.5 Å². The second kappa shape index (κ2) is 5.58. The van der Waals surface area contributed by atoms with Crippen molar-refractivity contribution in [2.45, 2.75) is 19.8 Å². The van der Waals surface area contributed by atoms with Crippen molar-refractivity contribution in [3.63, 3.8) is 0 Å². The molecular formula is C15H18O2. The normalized spacial score (nSPS) is 10.5. The van der Waals surface area contributed by atoms with Crippen LogP contribution in [0.3, 0.4) is 0 Å². The van der Waals surface area contributed by atoms with Gasteiger partial charge < -0.3 is 9.47 Å². The van der Waals surface area contributed by atoms with Gasteiger partial charge in [-0.2, -0.15) is 0 Å². The van der Waals surface area contributed by atoms with Crippen LogP contribution in [0.15, 0.2) is 36.4 Å². The summed E-state index contributed by atoms with van der Waals surface area (Å²) in [5.41, 5.74) is 0. The summed E-state index contributed by atoms with van der Waals surface area (Å²) in [6.45, 7) is 2.93. The Morgan fingerprint density at radius 2 is 2.00 bits per heavy atom. The fourth-order valence-corrected chi connectivity index (χ4v) is 1.80. The molecule has 0 saturated carbocycles. The van der Waals surface area contributed by atoms with Gasteiger partial charge in [0, 0.05) is 5.39 Å². The molecule has 2 aromatic rings. The summed E-state index contributed by atoms with van der Waals surface area (Å²) in [5.74, 6) is 1.80. The monoisotopic (exact) mass is 230 g/mol. The van der Waals surface area contributed by atoms with Crippen LogP contribution in [0.1, 0.15) is 19.8 Å². The zero-order valence-corrected chi connectivity index (χ0v) is 10.4. The molecule has 0 aliphatic rings. The third kappa shape index (κ3) is 2.70. The maximum atomic E-state index is 5.80. The molecule has 2 heteroatoms. The number of benzene rings is 2. The first-order valence-electron chi connectivity index (χ1n) is 6.04. The predicted molar refractivity (Wildman–Crippen MR) is 70.9 cm³/mol. The summed E-state index contributed by atoms with van der Waals surface area (Å²) in [6.07, 6.45) is 2.23. The second-order valence-electron chi connectivity index (χ2n) is 4.05. The topological polar surface area (TPSA) is 18.5 Å². The Hall–Kier alpha value is -1.70. The first-order valence-corrected chi connectivity index (χ1v) is 6.04. The zero-order valence-electron chi connectivity index (χ0n) is 10.4. The molecule has 2 nitrogen and oxygen atoms in total. The smallest absolute Gasteiger partial charge is 0.127 e. The first kappa shape index (κ1) is 11.8. The molecule has 0 spiro atoms. The average molecular weight is 230 g/mol. The lowest BCUT2D eigenvalue weighted by molar-refractivity contribution is 0.313. The van der Waals surface area contributed by atoms with E-state index in [1.807, 2.05) is 24.3 Å². The summed E-state index contributed by atoms with van der Waals surface area (Å²) in [5, 5.41) is 2.29. The largest absolute Gasteiger partial charge is 0.497 e. The van der Waals surface area contributed by atoms with Crippen LogP contribution in [0.2, 0.25) is 0 Å². The zero-order chi connectivity index (χ0) is 12.1. The number of hydrogen-bond donors (Lipinski definition) is 0. The third-order valence-electron chi connectivity index (χ3n) is 2.80. The number of fused-ring (bicyclic) bond motifs is 1. The molecule has 0 aliphatic carbocycles. The van der Waals surface area contributed by atoms with Crippen molar-refractivity contribution in [3.05, 3.63) is 36.4 Å². The van der Waals surface area contributed by atoms with Crippen molar-refractivity contribution >= 4 is 10.8 Å². The van der Waals surface area contributed by atoms with Crippen LogP contribution in [0.4, 0.5) is 0 Å². The minimum absolute atomic E-state index is 0.771. The minimum Gasteiger partial charge on any atom is -0.497 e. The molecule has 0 saturated heterocycles. The van der Waals surface area contributed by atoms with Gasteiger partial charge in [-0.05, 0) is 30.0 Å². The molecule has 2 rings (SSSR count). The van der Waals surface area contributed by atoms with Crippen molar-refractivity contribution in [3.8, 4) is 11.5 Å². The number of hydrogen-bond acceptors (Lipinski definition) is 2. The van der Waals surface area contributed by atoms with E-state index in [2.05, 4.69) is 19.1 Å². The Morgan fingerprint density at radius 1 is 1.12 bits per heavy atom. The van der Waals surface area contributed by atoms with Gasteiger partial charge in [0.05, 0.1) is 13.7 Å². The van der Waals surface area contributed by atoms with E-state index in [-0.39, 0.29) is 0 Å². The number of methoxy groups -OCH3 is 1. The van der Waals surface area contributed by atoms with Crippen LogP contribution in [-0.2, 0) is 0 Å². The van der Waals surface area contributed by atoms with Gasteiger partial charge in [0.25, 0.3) is 0 Å². The molecule has 0 amide bonds. The standard InChI is InChI=1S/C15H18O2/c1-3-4-10-17-15-7-5-6-12-8-9-13(16-2)11-14(12)15/h5-9,11H,3-4,10H2,1-2H3. The van der Waals surface area contributed by atoms with Crippen molar-refractivity contribution in [1.82, 2.24) is 0 Å². The molecule has 0 unspecified atom stereocenters. The van der Waals surface area contributed by atoms with E-state index in [0.29, 0.717) is 0 Å². The maximum absolute atomic E-state index is 5.80. The summed E-state index contributed by atoms with van der Waals surface area (Å²) in [4.78, 5) is 0. The Bertz CT molecular complexity index is 491. The average Bonchev–Trinajstić information content (AvgIpc) is 2.39. The number of rotatable bonds is 5. The molecule has 0 aliphatic heterocycles. The van der Waals surface area contributed by atoms with E-state index in [1.54, 1.807) is 7.11 Å². The van der Waals surface area contributed by atoms with E-state index in [1.165, 1.54) is 5.39 Å². The number of unbranched alkanes of at least 4 members (excludes halogenated alkanes) is 1. The highest BCUT2D eigenvalue weighted by molar-refractivity contribution is 5.89. The van der Waals surface area contributed by atoms with Gasteiger partial charge in [0.2, 0.25) is 0 Å². The molecule has 0 atom stereocenters. The van der Waals surface area contributed by atoms with Crippen LogP contribution in [0.5, 0.6) is 11.5 Å². The van der Waals surface area contributed by atoms with E-state index in [0.717, 1.165) is 36.3 Å². The molecule has 17 heavy (non-hydrogen) atoms. The van der Waals surface area contributed by atoms with E-state index in [9.17, 15) is 0 Å². The predicted octanol–water partition coefficient (Wildman–Crippen LogP) is 4.03. The van der Waals surface area contributed by atoms with E-state index >= 15 is 0 Å². The Balaban J connectivity index is 2.33. The summed E-state index contributed by atoms with van der Waals surface area (Å²) < 4.78 is 11.1. The Labute approximate surface area is 102 Å². The van der Waals surface area contributed by atoms with Crippen LogP contribution < -0.4 is 9.47 Å². The lowest BCUT2D eigenvalue weighted by Gasteiger charge is -2.10. The molecule has 0 N–H and O–H groups in total. The molecule has 0 fully saturated rings. The Kier molecular flexibility index (Phi) is 3.86. The third-order valence-corrected chi connectivity index (χ3v) is 2.80. The fraction of sp³-hybridized carbons (Fsp3) is 0.333. The molecule has 0 heterocycles. The highest BCUT2D eigenvalue weighted by Gasteiger charge is 2.03. The summed E-state index contributed by atoms with van der Waals surface area (Å²) in [6, 6.07) is 12.2. The fourth-order valence-electron chi connectivity index (χ4n) is 1.80. The van der Waals surface area contributed by atoms with Gasteiger partial charge in [-0.25, -0.2) is 0 Å². The van der Waals surface area contributed by atoms with Gasteiger partial charge in [-0.3, -0.25) is 0 Å². The van der Waals surface area contributed by atoms with E-state index < -0.39 is 0 Å². The highest BCUT2D eigenvalue weighted by atomic mass is 16.5. The van der Waals surface area contributed by atoms with Crippen molar-refractivity contribution in [2.75, 3.05) is 13.7 Å². The molecule has 0 bridgehead atoms. The summed E-state index contributed by atoms with van der Waals surface area (Å²) >= 11 is 0. The first-order chi connectivity index (χ1) is 8.35. The second-order valence-corrected chi connectivity index (χ2v) is 4.05. The minimum atomic E-state index is 0.771. The van der Waals surface area contributed by atoms with Crippen LogP contribution in [0, 0.1) is 0 Å². The van der Waals surface area contributed by atoms with Gasteiger partial charge >= 0.3 is 0 Å². The van der Waals surface area contributed by atoms with Crippen molar-refractivity contribution in [2.24, 2.45) is 0 Å². The SMILES string of the molecule is CCCCOc1cccc2ccc(OC)cc12. The van der Waals surface area contributed by atoms with Gasteiger partial charge in [-0.15, -0.1) is 0 Å². The summed E-state index contributed by atoms with van der Waals surface area (Å²) in [7, 11) is 1.68.